The van der Waals surface area contributed by atoms with Crippen molar-refractivity contribution in [2.75, 3.05) is 19.6 Å². The fraction of sp³-hybridized carbons (Fsp3) is 0.522. The van der Waals surface area contributed by atoms with Crippen LogP contribution in [0.15, 0.2) is 47.7 Å². The zero-order valence-electron chi connectivity index (χ0n) is 18.2. The van der Waals surface area contributed by atoms with E-state index in [0.717, 1.165) is 56.1 Å². The van der Waals surface area contributed by atoms with Crippen LogP contribution < -0.4 is 10.6 Å². The Bertz CT molecular complexity index is 845. The standard InChI is InChI=1S/C23H32N6O.HI/c1-2-24-23(25-16-18-8-10-21(11-9-18)29-14-5-13-26-29)27-20-12-15-28(17-20)22(30)19-6-3-4-7-19;/h5,8-11,13-14,19-20H,2-4,6-7,12,15-17H2,1H3,(H2,24,25,27);1H. The summed E-state index contributed by atoms with van der Waals surface area (Å²) in [6.07, 6.45) is 9.22. The van der Waals surface area contributed by atoms with E-state index in [9.17, 15) is 4.79 Å². The first kappa shape index (κ1) is 23.6. The van der Waals surface area contributed by atoms with Gasteiger partial charge < -0.3 is 15.5 Å². The van der Waals surface area contributed by atoms with Crippen LogP contribution in [-0.4, -0.2) is 52.2 Å². The third-order valence-electron chi connectivity index (χ3n) is 6.01. The second-order valence-corrected chi connectivity index (χ2v) is 8.21. The number of rotatable bonds is 6. The van der Waals surface area contributed by atoms with E-state index in [4.69, 9.17) is 4.99 Å². The van der Waals surface area contributed by atoms with Gasteiger partial charge in [0.25, 0.3) is 0 Å². The molecule has 2 heterocycles. The van der Waals surface area contributed by atoms with Crippen LogP contribution in [0.5, 0.6) is 0 Å². The molecule has 2 aliphatic rings. The van der Waals surface area contributed by atoms with Gasteiger partial charge in [-0.25, -0.2) is 9.67 Å². The maximum atomic E-state index is 12.7. The normalized spacial score (nSPS) is 19.3. The van der Waals surface area contributed by atoms with E-state index >= 15 is 0 Å². The van der Waals surface area contributed by atoms with Gasteiger partial charge in [0.05, 0.1) is 12.2 Å². The molecule has 2 fully saturated rings. The van der Waals surface area contributed by atoms with E-state index in [2.05, 4.69) is 46.9 Å². The molecule has 1 aliphatic carbocycles. The van der Waals surface area contributed by atoms with Crippen molar-refractivity contribution in [3.8, 4) is 5.69 Å². The van der Waals surface area contributed by atoms with E-state index in [1.165, 1.54) is 12.8 Å². The molecule has 0 radical (unpaired) electrons. The summed E-state index contributed by atoms with van der Waals surface area (Å²) in [4.78, 5) is 19.5. The van der Waals surface area contributed by atoms with Gasteiger partial charge in [-0.3, -0.25) is 4.79 Å². The second-order valence-electron chi connectivity index (χ2n) is 8.21. The average Bonchev–Trinajstić information content (AvgIpc) is 3.55. The van der Waals surface area contributed by atoms with Crippen molar-refractivity contribution < 1.29 is 4.79 Å². The maximum Gasteiger partial charge on any atom is 0.225 e. The lowest BCUT2D eigenvalue weighted by Gasteiger charge is -2.21. The highest BCUT2D eigenvalue weighted by molar-refractivity contribution is 14.0. The third kappa shape index (κ3) is 6.21. The lowest BCUT2D eigenvalue weighted by Crippen LogP contribution is -2.45. The Kier molecular flexibility index (Phi) is 8.74. The van der Waals surface area contributed by atoms with Crippen molar-refractivity contribution in [1.82, 2.24) is 25.3 Å². The minimum atomic E-state index is 0. The summed E-state index contributed by atoms with van der Waals surface area (Å²) in [5.41, 5.74) is 2.18. The smallest absolute Gasteiger partial charge is 0.225 e. The Morgan fingerprint density at radius 2 is 1.97 bits per heavy atom. The first-order valence-electron chi connectivity index (χ1n) is 11.2. The van der Waals surface area contributed by atoms with Gasteiger partial charge in [-0.2, -0.15) is 5.10 Å². The summed E-state index contributed by atoms with van der Waals surface area (Å²) in [5.74, 6) is 1.43. The van der Waals surface area contributed by atoms with Crippen LogP contribution in [0, 0.1) is 5.92 Å². The lowest BCUT2D eigenvalue weighted by atomic mass is 10.1. The number of carbonyl (C=O) groups is 1. The first-order valence-corrected chi connectivity index (χ1v) is 11.2. The molecule has 1 amide bonds. The van der Waals surface area contributed by atoms with E-state index in [1.54, 1.807) is 6.20 Å². The van der Waals surface area contributed by atoms with Gasteiger partial charge in [-0.1, -0.05) is 25.0 Å². The molecule has 1 atom stereocenters. The molecule has 2 aromatic rings. The van der Waals surface area contributed by atoms with E-state index in [1.807, 2.05) is 21.8 Å². The summed E-state index contributed by atoms with van der Waals surface area (Å²) >= 11 is 0. The minimum Gasteiger partial charge on any atom is -0.357 e. The molecular formula is C23H33IN6O. The zero-order valence-corrected chi connectivity index (χ0v) is 20.5. The van der Waals surface area contributed by atoms with Crippen molar-refractivity contribution in [3.63, 3.8) is 0 Å². The van der Waals surface area contributed by atoms with Crippen LogP contribution in [0.1, 0.15) is 44.6 Å². The van der Waals surface area contributed by atoms with E-state index in [-0.39, 0.29) is 35.9 Å². The number of likely N-dealkylation sites (tertiary alicyclic amines) is 1. The fourth-order valence-electron chi connectivity index (χ4n) is 4.37. The molecule has 1 saturated heterocycles. The quantitative estimate of drug-likeness (QED) is 0.338. The molecule has 168 valence electrons. The number of nitrogens with one attached hydrogen (secondary N) is 2. The summed E-state index contributed by atoms with van der Waals surface area (Å²) in [6, 6.07) is 10.5. The Morgan fingerprint density at radius 1 is 1.19 bits per heavy atom. The Hall–Kier alpha value is -2.10. The third-order valence-corrected chi connectivity index (χ3v) is 6.01. The fourth-order valence-corrected chi connectivity index (χ4v) is 4.37. The second kappa shape index (κ2) is 11.5. The molecule has 1 aliphatic heterocycles. The number of nitrogens with zero attached hydrogens (tertiary/aromatic N) is 4. The van der Waals surface area contributed by atoms with Gasteiger partial charge >= 0.3 is 0 Å². The van der Waals surface area contributed by atoms with Crippen LogP contribution >= 0.6 is 24.0 Å². The van der Waals surface area contributed by atoms with E-state index in [0.29, 0.717) is 12.5 Å². The number of hydrogen-bond donors (Lipinski definition) is 2. The predicted octanol–water partition coefficient (Wildman–Crippen LogP) is 3.34. The molecule has 1 aromatic heterocycles. The van der Waals surface area contributed by atoms with Crippen LogP contribution in [0.2, 0.25) is 0 Å². The summed E-state index contributed by atoms with van der Waals surface area (Å²) in [5, 5.41) is 11.1. The van der Waals surface area contributed by atoms with Crippen molar-refractivity contribution >= 4 is 35.8 Å². The highest BCUT2D eigenvalue weighted by Gasteiger charge is 2.32. The summed E-state index contributed by atoms with van der Waals surface area (Å²) in [7, 11) is 0. The highest BCUT2D eigenvalue weighted by Crippen LogP contribution is 2.27. The molecule has 1 saturated carbocycles. The SMILES string of the molecule is CCNC(=NCc1ccc(-n2cccn2)cc1)NC1CCN(C(=O)C2CCCC2)C1.I. The molecule has 4 rings (SSSR count). The molecule has 0 bridgehead atoms. The number of benzene rings is 1. The Morgan fingerprint density at radius 3 is 2.65 bits per heavy atom. The Balaban J connectivity index is 0.00000272. The van der Waals surface area contributed by atoms with Crippen LogP contribution in [0.4, 0.5) is 0 Å². The predicted molar refractivity (Wildman–Crippen MR) is 134 cm³/mol. The molecule has 0 spiro atoms. The van der Waals surface area contributed by atoms with Crippen LogP contribution in [-0.2, 0) is 11.3 Å². The topological polar surface area (TPSA) is 74.6 Å². The summed E-state index contributed by atoms with van der Waals surface area (Å²) < 4.78 is 1.84. The van der Waals surface area contributed by atoms with Crippen molar-refractivity contribution in [3.05, 3.63) is 48.3 Å². The number of aliphatic imine (C=N–C) groups is 1. The van der Waals surface area contributed by atoms with Gasteiger partial charge in [0.1, 0.15) is 0 Å². The molecule has 1 aromatic carbocycles. The van der Waals surface area contributed by atoms with Crippen LogP contribution in [0.3, 0.4) is 0 Å². The largest absolute Gasteiger partial charge is 0.357 e. The lowest BCUT2D eigenvalue weighted by molar-refractivity contribution is -0.134. The molecule has 7 nitrogen and oxygen atoms in total. The van der Waals surface area contributed by atoms with Gasteiger partial charge in [0.2, 0.25) is 5.91 Å². The van der Waals surface area contributed by atoms with Gasteiger partial charge in [0.15, 0.2) is 5.96 Å². The molecule has 8 heteroatoms. The highest BCUT2D eigenvalue weighted by atomic mass is 127. The monoisotopic (exact) mass is 536 g/mol. The van der Waals surface area contributed by atoms with Crippen LogP contribution in [0.25, 0.3) is 5.69 Å². The number of hydrogen-bond acceptors (Lipinski definition) is 3. The van der Waals surface area contributed by atoms with Crippen molar-refractivity contribution in [1.29, 1.82) is 0 Å². The number of halogens is 1. The molecule has 31 heavy (non-hydrogen) atoms. The first-order chi connectivity index (χ1) is 14.7. The van der Waals surface area contributed by atoms with E-state index < -0.39 is 0 Å². The van der Waals surface area contributed by atoms with Crippen molar-refractivity contribution in [2.45, 2.75) is 51.6 Å². The summed E-state index contributed by atoms with van der Waals surface area (Å²) in [6.45, 7) is 5.11. The number of guanidine groups is 1. The number of aromatic nitrogens is 2. The van der Waals surface area contributed by atoms with Crippen molar-refractivity contribution in [2.24, 2.45) is 10.9 Å². The maximum absolute atomic E-state index is 12.7. The average molecular weight is 536 g/mol. The van der Waals surface area contributed by atoms with Gasteiger partial charge in [-0.05, 0) is 49.9 Å². The molecule has 1 unspecified atom stereocenters. The Labute approximate surface area is 201 Å². The number of amides is 1. The van der Waals surface area contributed by atoms with Gasteiger partial charge in [-0.15, -0.1) is 24.0 Å². The molecule has 2 N–H and O–H groups in total. The zero-order chi connectivity index (χ0) is 20.8. The minimum absolute atomic E-state index is 0. The number of carbonyl (C=O) groups excluding carboxylic acids is 1. The molecular weight excluding hydrogens is 503 g/mol. The van der Waals surface area contributed by atoms with Gasteiger partial charge in [0, 0.05) is 44.0 Å².